The minimum Gasteiger partial charge on any atom is -0.489 e. The van der Waals surface area contributed by atoms with Crippen LogP contribution in [0, 0.1) is 13.8 Å². The predicted octanol–water partition coefficient (Wildman–Crippen LogP) is 6.06. The van der Waals surface area contributed by atoms with Gasteiger partial charge in [-0.05, 0) is 54.8 Å². The summed E-state index contributed by atoms with van der Waals surface area (Å²) in [7, 11) is 0. The standard InChI is InChI=1S/C25H24ClNO2/c1-17-7-10-22(11-8-17)27-15-20(13-25(27)28)23-12-9-21(26)14-24(23)29-16-19-6-4-3-5-18(19)2/h3-12,14,20H,13,15-16H2,1-2H3. The highest BCUT2D eigenvalue weighted by Gasteiger charge is 2.33. The van der Waals surface area contributed by atoms with Gasteiger partial charge < -0.3 is 9.64 Å². The Bertz CT molecular complexity index is 1030. The number of ether oxygens (including phenoxy) is 1. The van der Waals surface area contributed by atoms with Crippen LogP contribution < -0.4 is 9.64 Å². The second-order valence-electron chi connectivity index (χ2n) is 7.64. The average molecular weight is 406 g/mol. The molecule has 1 fully saturated rings. The summed E-state index contributed by atoms with van der Waals surface area (Å²) in [5, 5.41) is 0.633. The van der Waals surface area contributed by atoms with Crippen molar-refractivity contribution in [1.82, 2.24) is 0 Å². The lowest BCUT2D eigenvalue weighted by atomic mass is 9.97. The molecular formula is C25H24ClNO2. The van der Waals surface area contributed by atoms with E-state index in [1.54, 1.807) is 0 Å². The van der Waals surface area contributed by atoms with Gasteiger partial charge in [-0.1, -0.05) is 59.6 Å². The molecule has 3 nitrogen and oxygen atoms in total. The molecule has 29 heavy (non-hydrogen) atoms. The van der Waals surface area contributed by atoms with Crippen molar-refractivity contribution in [1.29, 1.82) is 0 Å². The summed E-state index contributed by atoms with van der Waals surface area (Å²) in [4.78, 5) is 14.6. The molecule has 1 saturated heterocycles. The highest BCUT2D eigenvalue weighted by atomic mass is 35.5. The quantitative estimate of drug-likeness (QED) is 0.516. The molecule has 148 valence electrons. The van der Waals surface area contributed by atoms with Crippen LogP contribution in [-0.4, -0.2) is 12.5 Å². The molecule has 0 spiro atoms. The van der Waals surface area contributed by atoms with E-state index in [-0.39, 0.29) is 11.8 Å². The van der Waals surface area contributed by atoms with Crippen LogP contribution in [0.4, 0.5) is 5.69 Å². The maximum Gasteiger partial charge on any atom is 0.227 e. The van der Waals surface area contributed by atoms with Gasteiger partial charge in [0.05, 0.1) is 0 Å². The van der Waals surface area contributed by atoms with E-state index in [2.05, 4.69) is 19.1 Å². The summed E-state index contributed by atoms with van der Waals surface area (Å²) < 4.78 is 6.17. The van der Waals surface area contributed by atoms with E-state index in [0.717, 1.165) is 22.6 Å². The molecule has 1 unspecified atom stereocenters. The van der Waals surface area contributed by atoms with Gasteiger partial charge in [0.25, 0.3) is 0 Å². The number of halogens is 1. The Morgan fingerprint density at radius 1 is 1.03 bits per heavy atom. The molecule has 0 aliphatic carbocycles. The number of benzene rings is 3. The lowest BCUT2D eigenvalue weighted by Gasteiger charge is -2.19. The molecule has 1 atom stereocenters. The van der Waals surface area contributed by atoms with E-state index >= 15 is 0 Å². The molecule has 1 aliphatic heterocycles. The first-order chi connectivity index (χ1) is 14.0. The summed E-state index contributed by atoms with van der Waals surface area (Å²) in [6.45, 7) is 5.24. The first-order valence-electron chi connectivity index (χ1n) is 9.85. The minimum absolute atomic E-state index is 0.0768. The monoisotopic (exact) mass is 405 g/mol. The molecule has 0 aromatic heterocycles. The maximum absolute atomic E-state index is 12.7. The molecule has 1 aliphatic rings. The smallest absolute Gasteiger partial charge is 0.227 e. The zero-order valence-corrected chi connectivity index (χ0v) is 17.4. The minimum atomic E-state index is 0.0768. The number of hydrogen-bond donors (Lipinski definition) is 0. The molecule has 0 N–H and O–H groups in total. The van der Waals surface area contributed by atoms with E-state index in [4.69, 9.17) is 16.3 Å². The number of hydrogen-bond acceptors (Lipinski definition) is 2. The van der Waals surface area contributed by atoms with Gasteiger partial charge in [0.15, 0.2) is 0 Å². The number of carbonyl (C=O) groups is 1. The van der Waals surface area contributed by atoms with Crippen molar-refractivity contribution >= 4 is 23.2 Å². The van der Waals surface area contributed by atoms with Crippen molar-refractivity contribution in [3.63, 3.8) is 0 Å². The predicted molar refractivity (Wildman–Crippen MR) is 118 cm³/mol. The van der Waals surface area contributed by atoms with Gasteiger partial charge in [0, 0.05) is 29.6 Å². The van der Waals surface area contributed by atoms with E-state index in [0.29, 0.717) is 24.6 Å². The fourth-order valence-corrected chi connectivity index (χ4v) is 3.95. The number of aryl methyl sites for hydroxylation is 2. The highest BCUT2D eigenvalue weighted by molar-refractivity contribution is 6.30. The van der Waals surface area contributed by atoms with Crippen LogP contribution in [0.15, 0.2) is 66.7 Å². The molecule has 0 bridgehead atoms. The number of nitrogens with zero attached hydrogens (tertiary/aromatic N) is 1. The zero-order chi connectivity index (χ0) is 20.4. The van der Waals surface area contributed by atoms with Gasteiger partial charge in [0.2, 0.25) is 5.91 Å². The summed E-state index contributed by atoms with van der Waals surface area (Å²) in [6.07, 6.45) is 0.468. The summed E-state index contributed by atoms with van der Waals surface area (Å²) in [5.41, 5.74) is 5.49. The van der Waals surface area contributed by atoms with Gasteiger partial charge in [-0.15, -0.1) is 0 Å². The van der Waals surface area contributed by atoms with Crippen LogP contribution in [0.25, 0.3) is 0 Å². The van der Waals surface area contributed by atoms with Crippen LogP contribution >= 0.6 is 11.6 Å². The van der Waals surface area contributed by atoms with Gasteiger partial charge in [-0.25, -0.2) is 0 Å². The number of rotatable bonds is 5. The fourth-order valence-electron chi connectivity index (χ4n) is 3.79. The van der Waals surface area contributed by atoms with E-state index in [1.807, 2.05) is 66.4 Å². The maximum atomic E-state index is 12.7. The molecule has 1 heterocycles. The molecule has 0 radical (unpaired) electrons. The van der Waals surface area contributed by atoms with Crippen molar-refractivity contribution < 1.29 is 9.53 Å². The third-order valence-corrected chi connectivity index (χ3v) is 5.77. The molecule has 3 aromatic carbocycles. The molecule has 3 aromatic rings. The van der Waals surface area contributed by atoms with E-state index < -0.39 is 0 Å². The largest absolute Gasteiger partial charge is 0.489 e. The van der Waals surface area contributed by atoms with Crippen LogP contribution in [0.2, 0.25) is 5.02 Å². The number of amides is 1. The number of anilines is 1. The van der Waals surface area contributed by atoms with E-state index in [1.165, 1.54) is 11.1 Å². The fraction of sp³-hybridized carbons (Fsp3) is 0.240. The van der Waals surface area contributed by atoms with Crippen molar-refractivity contribution in [2.24, 2.45) is 0 Å². The second-order valence-corrected chi connectivity index (χ2v) is 8.07. The first-order valence-corrected chi connectivity index (χ1v) is 10.2. The van der Waals surface area contributed by atoms with Gasteiger partial charge in [0.1, 0.15) is 12.4 Å². The Morgan fingerprint density at radius 3 is 2.55 bits per heavy atom. The topological polar surface area (TPSA) is 29.5 Å². The molecule has 1 amide bonds. The van der Waals surface area contributed by atoms with Crippen molar-refractivity contribution in [3.8, 4) is 5.75 Å². The van der Waals surface area contributed by atoms with E-state index in [9.17, 15) is 4.79 Å². The van der Waals surface area contributed by atoms with Crippen LogP contribution in [-0.2, 0) is 11.4 Å². The third-order valence-electron chi connectivity index (χ3n) is 5.53. The van der Waals surface area contributed by atoms with Crippen LogP contribution in [0.3, 0.4) is 0 Å². The van der Waals surface area contributed by atoms with Crippen molar-refractivity contribution in [2.45, 2.75) is 32.8 Å². The Morgan fingerprint density at radius 2 is 1.79 bits per heavy atom. The van der Waals surface area contributed by atoms with Crippen LogP contribution in [0.1, 0.15) is 34.6 Å². The zero-order valence-electron chi connectivity index (χ0n) is 16.7. The Balaban J connectivity index is 1.56. The molecule has 4 rings (SSSR count). The summed E-state index contributed by atoms with van der Waals surface area (Å²) in [5.74, 6) is 0.968. The lowest BCUT2D eigenvalue weighted by Crippen LogP contribution is -2.24. The molecular weight excluding hydrogens is 382 g/mol. The lowest BCUT2D eigenvalue weighted by molar-refractivity contribution is -0.117. The Labute approximate surface area is 176 Å². The Kier molecular flexibility index (Phi) is 5.59. The third kappa shape index (κ3) is 4.30. The first kappa shape index (κ1) is 19.5. The molecule has 0 saturated carbocycles. The van der Waals surface area contributed by atoms with Gasteiger partial charge in [-0.3, -0.25) is 4.79 Å². The Hall–Kier alpha value is -2.78. The molecule has 4 heteroatoms. The van der Waals surface area contributed by atoms with Crippen molar-refractivity contribution in [2.75, 3.05) is 11.4 Å². The van der Waals surface area contributed by atoms with Gasteiger partial charge in [-0.2, -0.15) is 0 Å². The summed E-state index contributed by atoms with van der Waals surface area (Å²) in [6, 6.07) is 22.0. The highest BCUT2D eigenvalue weighted by Crippen LogP contribution is 2.38. The summed E-state index contributed by atoms with van der Waals surface area (Å²) >= 11 is 6.25. The average Bonchev–Trinajstić information content (AvgIpc) is 3.09. The number of carbonyl (C=O) groups excluding carboxylic acids is 1. The SMILES string of the molecule is Cc1ccc(N2CC(c3ccc(Cl)cc3OCc3ccccc3C)CC2=O)cc1. The van der Waals surface area contributed by atoms with Crippen molar-refractivity contribution in [3.05, 3.63) is 94.0 Å². The normalized spacial score (nSPS) is 16.3. The van der Waals surface area contributed by atoms with Crippen LogP contribution in [0.5, 0.6) is 5.75 Å². The van der Waals surface area contributed by atoms with Gasteiger partial charge >= 0.3 is 0 Å². The second kappa shape index (κ2) is 8.30.